The fourth-order valence-electron chi connectivity index (χ4n) is 2.61. The molecule has 1 aromatic carbocycles. The zero-order valence-corrected chi connectivity index (χ0v) is 12.1. The lowest BCUT2D eigenvalue weighted by atomic mass is 10.1. The van der Waals surface area contributed by atoms with Gasteiger partial charge in [0, 0.05) is 19.1 Å². The molecule has 0 bridgehead atoms. The molecule has 3 rings (SSSR count). The zero-order valence-electron chi connectivity index (χ0n) is 10.5. The molecule has 1 atom stereocenters. The van der Waals surface area contributed by atoms with Gasteiger partial charge in [0.1, 0.15) is 0 Å². The van der Waals surface area contributed by atoms with Crippen LogP contribution in [-0.2, 0) is 16.8 Å². The van der Waals surface area contributed by atoms with Crippen LogP contribution in [0.25, 0.3) is 0 Å². The van der Waals surface area contributed by atoms with Crippen LogP contribution in [0.2, 0.25) is 0 Å². The Balaban J connectivity index is 0.00000133. The summed E-state index contributed by atoms with van der Waals surface area (Å²) < 4.78 is 28.7. The van der Waals surface area contributed by atoms with E-state index in [0.29, 0.717) is 12.2 Å². The summed E-state index contributed by atoms with van der Waals surface area (Å²) in [6.07, 6.45) is 1.95. The van der Waals surface area contributed by atoms with Crippen molar-refractivity contribution in [3.8, 4) is 0 Å². The Bertz CT molecular complexity index is 544. The number of anilines is 1. The predicted molar refractivity (Wildman–Crippen MR) is 77.7 cm³/mol. The minimum Gasteiger partial charge on any atom is -0.315 e. The van der Waals surface area contributed by atoms with E-state index in [0.717, 1.165) is 31.5 Å². The third kappa shape index (κ3) is 2.86. The van der Waals surface area contributed by atoms with Crippen molar-refractivity contribution in [2.75, 3.05) is 17.8 Å². The molecule has 0 unspecified atom stereocenters. The molecule has 0 radical (unpaired) electrons. The van der Waals surface area contributed by atoms with Crippen molar-refractivity contribution in [2.45, 2.75) is 25.4 Å². The fraction of sp³-hybridized carbons (Fsp3) is 0.500. The maximum Gasteiger partial charge on any atom is 0.302 e. The van der Waals surface area contributed by atoms with Gasteiger partial charge in [-0.25, -0.2) is 0 Å². The maximum absolute atomic E-state index is 12.2. The first-order valence-corrected chi connectivity index (χ1v) is 7.69. The first kappa shape index (κ1) is 14.6. The zero-order chi connectivity index (χ0) is 12.6. The molecule has 1 saturated heterocycles. The van der Waals surface area contributed by atoms with Crippen LogP contribution in [0.1, 0.15) is 18.4 Å². The first-order valence-electron chi connectivity index (χ1n) is 6.25. The molecule has 2 heterocycles. The van der Waals surface area contributed by atoms with Crippen LogP contribution in [0.15, 0.2) is 24.3 Å². The molecule has 2 aliphatic heterocycles. The summed E-state index contributed by atoms with van der Waals surface area (Å²) in [5.41, 5.74) is 1.75. The minimum absolute atomic E-state index is 0. The Hall–Kier alpha value is -0.820. The van der Waals surface area contributed by atoms with Crippen molar-refractivity contribution in [2.24, 2.45) is 0 Å². The van der Waals surface area contributed by atoms with E-state index in [-0.39, 0.29) is 18.4 Å². The predicted octanol–water partition coefficient (Wildman–Crippen LogP) is 1.33. The van der Waals surface area contributed by atoms with E-state index in [1.165, 1.54) is 0 Å². The lowest BCUT2D eigenvalue weighted by Gasteiger charge is -2.37. The molecule has 0 aromatic heterocycles. The van der Waals surface area contributed by atoms with Gasteiger partial charge in [-0.15, -0.1) is 12.4 Å². The minimum atomic E-state index is -3.39. The molecule has 19 heavy (non-hydrogen) atoms. The van der Waals surface area contributed by atoms with Crippen molar-refractivity contribution in [1.82, 2.24) is 9.62 Å². The molecule has 0 saturated carbocycles. The summed E-state index contributed by atoms with van der Waals surface area (Å²) in [6.45, 7) is 2.19. The van der Waals surface area contributed by atoms with E-state index < -0.39 is 10.2 Å². The number of rotatable bonds is 1. The summed E-state index contributed by atoms with van der Waals surface area (Å²) in [6, 6.07) is 7.63. The van der Waals surface area contributed by atoms with Gasteiger partial charge in [-0.05, 0) is 31.0 Å². The molecule has 106 valence electrons. The Labute approximate surface area is 120 Å². The number of nitrogens with one attached hydrogen (secondary N) is 2. The SMILES string of the molecule is Cl.O=S1(=O)Nc2ccccc2CN1[C@H]1CCCNC1. The molecule has 1 aromatic rings. The highest BCUT2D eigenvalue weighted by Gasteiger charge is 2.34. The molecule has 0 aliphatic carbocycles. The van der Waals surface area contributed by atoms with Crippen LogP contribution >= 0.6 is 12.4 Å². The van der Waals surface area contributed by atoms with E-state index >= 15 is 0 Å². The highest BCUT2D eigenvalue weighted by molar-refractivity contribution is 7.90. The summed E-state index contributed by atoms with van der Waals surface area (Å²) in [7, 11) is -3.39. The van der Waals surface area contributed by atoms with Gasteiger partial charge in [0.15, 0.2) is 0 Å². The molecule has 0 spiro atoms. The monoisotopic (exact) mass is 303 g/mol. The van der Waals surface area contributed by atoms with Gasteiger partial charge >= 0.3 is 10.2 Å². The van der Waals surface area contributed by atoms with Crippen LogP contribution in [0.5, 0.6) is 0 Å². The van der Waals surface area contributed by atoms with Gasteiger partial charge in [-0.2, -0.15) is 12.7 Å². The molecular formula is C12H18ClN3O2S. The number of benzene rings is 1. The molecule has 5 nitrogen and oxygen atoms in total. The molecule has 2 N–H and O–H groups in total. The third-order valence-electron chi connectivity index (χ3n) is 3.57. The van der Waals surface area contributed by atoms with E-state index in [4.69, 9.17) is 0 Å². The Kier molecular flexibility index (Phi) is 4.35. The number of fused-ring (bicyclic) bond motifs is 1. The largest absolute Gasteiger partial charge is 0.315 e. The van der Waals surface area contributed by atoms with Gasteiger partial charge in [0.05, 0.1) is 5.69 Å². The van der Waals surface area contributed by atoms with Crippen molar-refractivity contribution in [3.05, 3.63) is 29.8 Å². The number of piperidine rings is 1. The van der Waals surface area contributed by atoms with Crippen LogP contribution in [-0.4, -0.2) is 31.9 Å². The summed E-state index contributed by atoms with van der Waals surface area (Å²) in [5.74, 6) is 0. The van der Waals surface area contributed by atoms with Crippen LogP contribution < -0.4 is 10.0 Å². The summed E-state index contributed by atoms with van der Waals surface area (Å²) in [5, 5.41) is 3.26. The molecule has 2 aliphatic rings. The van der Waals surface area contributed by atoms with Crippen molar-refractivity contribution in [3.63, 3.8) is 0 Å². The van der Waals surface area contributed by atoms with Crippen LogP contribution in [0.3, 0.4) is 0 Å². The van der Waals surface area contributed by atoms with Crippen molar-refractivity contribution < 1.29 is 8.42 Å². The number of halogens is 1. The topological polar surface area (TPSA) is 61.4 Å². The highest BCUT2D eigenvalue weighted by Crippen LogP contribution is 2.28. The van der Waals surface area contributed by atoms with Gasteiger partial charge < -0.3 is 5.32 Å². The summed E-state index contributed by atoms with van der Waals surface area (Å²) in [4.78, 5) is 0. The quantitative estimate of drug-likeness (QED) is 0.823. The van der Waals surface area contributed by atoms with Gasteiger partial charge in [0.25, 0.3) is 0 Å². The molecule has 0 amide bonds. The third-order valence-corrected chi connectivity index (χ3v) is 5.09. The maximum atomic E-state index is 12.2. The first-order chi connectivity index (χ1) is 8.67. The number of para-hydroxylation sites is 1. The second kappa shape index (κ2) is 5.66. The van der Waals surface area contributed by atoms with E-state index in [2.05, 4.69) is 10.0 Å². The lowest BCUT2D eigenvalue weighted by Crippen LogP contribution is -2.51. The molecule has 1 fully saturated rings. The standard InChI is InChI=1S/C12H17N3O2S.ClH/c16-18(17)14-12-6-2-1-4-10(12)9-15(18)11-5-3-7-13-8-11;/h1-2,4,6,11,13-14H,3,5,7-9H2;1H/t11-;/m0./s1. The molecular weight excluding hydrogens is 286 g/mol. The Morgan fingerprint density at radius 1 is 1.26 bits per heavy atom. The van der Waals surface area contributed by atoms with E-state index in [1.54, 1.807) is 4.31 Å². The van der Waals surface area contributed by atoms with Crippen molar-refractivity contribution >= 4 is 28.3 Å². The summed E-state index contributed by atoms with van der Waals surface area (Å²) >= 11 is 0. The molecule has 7 heteroatoms. The number of nitrogens with zero attached hydrogens (tertiary/aromatic N) is 1. The van der Waals surface area contributed by atoms with Gasteiger partial charge in [0.2, 0.25) is 0 Å². The van der Waals surface area contributed by atoms with Crippen molar-refractivity contribution in [1.29, 1.82) is 0 Å². The highest BCUT2D eigenvalue weighted by atomic mass is 35.5. The number of hydrogen-bond acceptors (Lipinski definition) is 3. The smallest absolute Gasteiger partial charge is 0.302 e. The second-order valence-corrected chi connectivity index (χ2v) is 6.43. The van der Waals surface area contributed by atoms with E-state index in [9.17, 15) is 8.42 Å². The van der Waals surface area contributed by atoms with Gasteiger partial charge in [-0.3, -0.25) is 4.72 Å². The Morgan fingerprint density at radius 2 is 2.05 bits per heavy atom. The van der Waals surface area contributed by atoms with Crippen LogP contribution in [0, 0.1) is 0 Å². The number of hydrogen-bond donors (Lipinski definition) is 2. The lowest BCUT2D eigenvalue weighted by molar-refractivity contribution is 0.259. The second-order valence-electron chi connectivity index (χ2n) is 4.81. The average molecular weight is 304 g/mol. The Morgan fingerprint density at radius 3 is 2.79 bits per heavy atom. The normalized spacial score (nSPS) is 25.8. The average Bonchev–Trinajstić information content (AvgIpc) is 2.38. The fourth-order valence-corrected chi connectivity index (χ4v) is 4.09. The van der Waals surface area contributed by atoms with E-state index in [1.807, 2.05) is 24.3 Å². The van der Waals surface area contributed by atoms with Crippen LogP contribution in [0.4, 0.5) is 5.69 Å². The van der Waals surface area contributed by atoms with Gasteiger partial charge in [-0.1, -0.05) is 18.2 Å².